The van der Waals surface area contributed by atoms with Crippen molar-refractivity contribution < 1.29 is 22.7 Å². The summed E-state index contributed by atoms with van der Waals surface area (Å²) in [7, 11) is -1.62. The zero-order valence-corrected chi connectivity index (χ0v) is 20.6. The largest absolute Gasteiger partial charge is 0.497 e. The smallest absolute Gasteiger partial charge is 0.244 e. The highest BCUT2D eigenvalue weighted by molar-refractivity contribution is 7.90. The predicted octanol–water partition coefficient (Wildman–Crippen LogP) is 3.67. The molecule has 35 heavy (non-hydrogen) atoms. The Morgan fingerprint density at radius 3 is 2.29 bits per heavy atom. The van der Waals surface area contributed by atoms with E-state index in [0.29, 0.717) is 31.8 Å². The molecule has 0 N–H and O–H groups in total. The third kappa shape index (κ3) is 4.90. The molecular formula is C27H28N2O5S. The van der Waals surface area contributed by atoms with Crippen LogP contribution in [0.1, 0.15) is 17.5 Å². The van der Waals surface area contributed by atoms with Crippen LogP contribution in [0.5, 0.6) is 11.5 Å². The number of benzene rings is 3. The lowest BCUT2D eigenvalue weighted by Gasteiger charge is -2.32. The fraction of sp³-hybridized carbons (Fsp3) is 0.296. The van der Waals surface area contributed by atoms with E-state index in [1.54, 1.807) is 19.2 Å². The summed E-state index contributed by atoms with van der Waals surface area (Å²) >= 11 is 0. The van der Waals surface area contributed by atoms with E-state index in [4.69, 9.17) is 9.47 Å². The van der Waals surface area contributed by atoms with E-state index in [-0.39, 0.29) is 22.9 Å². The highest BCUT2D eigenvalue weighted by Gasteiger charge is 2.42. The zero-order chi connectivity index (χ0) is 24.6. The summed E-state index contributed by atoms with van der Waals surface area (Å²) in [4.78, 5) is 18.2. The van der Waals surface area contributed by atoms with Crippen LogP contribution in [0.15, 0.2) is 77.7 Å². The topological polar surface area (TPSA) is 76.2 Å². The van der Waals surface area contributed by atoms with Gasteiger partial charge in [-0.25, -0.2) is 8.42 Å². The number of carbonyl (C=O) groups excluding carboxylic acids is 1. The number of nitrogens with zero attached hydrogens (tertiary/aromatic N) is 2. The van der Waals surface area contributed by atoms with Crippen molar-refractivity contribution in [2.24, 2.45) is 0 Å². The van der Waals surface area contributed by atoms with Crippen LogP contribution in [0.3, 0.4) is 0 Å². The number of hydrogen-bond acceptors (Lipinski definition) is 6. The molecule has 1 fully saturated rings. The molecule has 2 aliphatic heterocycles. The Hall–Kier alpha value is -3.36. The molecule has 2 atom stereocenters. The lowest BCUT2D eigenvalue weighted by molar-refractivity contribution is -0.123. The predicted molar refractivity (Wildman–Crippen MR) is 133 cm³/mol. The van der Waals surface area contributed by atoms with Gasteiger partial charge >= 0.3 is 0 Å². The van der Waals surface area contributed by atoms with E-state index in [9.17, 15) is 13.2 Å². The molecule has 0 radical (unpaired) electrons. The fourth-order valence-corrected chi connectivity index (χ4v) is 5.42. The first-order chi connectivity index (χ1) is 16.8. The fourth-order valence-electron chi connectivity index (χ4n) is 4.79. The standard InChI is InChI=1S/C27H28N2O5S/c1-33-21-11-7-20(8-12-21)17-29-24-5-3-4-6-26(24)34-22-15-25(27(29)30)28(18-22)16-19-9-13-23(14-10-19)35(2,31)32/h3-14,22,25H,15-18H2,1-2H3. The summed E-state index contributed by atoms with van der Waals surface area (Å²) in [6.07, 6.45) is 1.71. The number of para-hydroxylation sites is 2. The average molecular weight is 493 g/mol. The van der Waals surface area contributed by atoms with E-state index in [2.05, 4.69) is 4.90 Å². The number of carbonyl (C=O) groups is 1. The first-order valence-electron chi connectivity index (χ1n) is 11.5. The van der Waals surface area contributed by atoms with Crippen molar-refractivity contribution in [1.82, 2.24) is 4.90 Å². The third-order valence-electron chi connectivity index (χ3n) is 6.60. The van der Waals surface area contributed by atoms with Crippen LogP contribution in [0.2, 0.25) is 0 Å². The van der Waals surface area contributed by atoms with E-state index >= 15 is 0 Å². The molecule has 3 aromatic rings. The monoisotopic (exact) mass is 492 g/mol. The molecular weight excluding hydrogens is 464 g/mol. The Labute approximate surface area is 205 Å². The third-order valence-corrected chi connectivity index (χ3v) is 7.73. The van der Waals surface area contributed by atoms with Crippen LogP contribution in [0, 0.1) is 0 Å². The average Bonchev–Trinajstić information content (AvgIpc) is 3.25. The second-order valence-corrected chi connectivity index (χ2v) is 11.1. The van der Waals surface area contributed by atoms with Gasteiger partial charge < -0.3 is 14.4 Å². The molecule has 3 aromatic carbocycles. The van der Waals surface area contributed by atoms with Crippen LogP contribution in [0.25, 0.3) is 0 Å². The Morgan fingerprint density at radius 2 is 1.60 bits per heavy atom. The van der Waals surface area contributed by atoms with Gasteiger partial charge in [-0.1, -0.05) is 36.4 Å². The van der Waals surface area contributed by atoms with Crippen molar-refractivity contribution in [1.29, 1.82) is 0 Å². The lowest BCUT2D eigenvalue weighted by Crippen LogP contribution is -2.45. The minimum Gasteiger partial charge on any atom is -0.497 e. The highest BCUT2D eigenvalue weighted by atomic mass is 32.2. The van der Waals surface area contributed by atoms with Gasteiger partial charge in [-0.05, 0) is 47.5 Å². The summed E-state index contributed by atoms with van der Waals surface area (Å²) in [5.41, 5.74) is 2.71. The van der Waals surface area contributed by atoms with Crippen LogP contribution < -0.4 is 14.4 Å². The van der Waals surface area contributed by atoms with Gasteiger partial charge in [-0.2, -0.15) is 0 Å². The molecule has 0 spiro atoms. The number of likely N-dealkylation sites (tertiary alicyclic amines) is 1. The van der Waals surface area contributed by atoms with Crippen molar-refractivity contribution in [2.45, 2.75) is 36.6 Å². The first kappa shape index (κ1) is 23.4. The molecule has 8 heteroatoms. The van der Waals surface area contributed by atoms with E-state index in [0.717, 1.165) is 22.6 Å². The summed E-state index contributed by atoms with van der Waals surface area (Å²) in [6, 6.07) is 21.9. The number of methoxy groups -OCH3 is 1. The SMILES string of the molecule is COc1ccc(CN2C(=O)C3CC(CN3Cc3ccc(S(C)(=O)=O)cc3)Oc3ccccc32)cc1. The Bertz CT molecular complexity index is 1320. The van der Waals surface area contributed by atoms with Crippen molar-refractivity contribution in [3.63, 3.8) is 0 Å². The molecule has 0 saturated carbocycles. The summed E-state index contributed by atoms with van der Waals surface area (Å²) < 4.78 is 35.3. The van der Waals surface area contributed by atoms with Gasteiger partial charge in [0.15, 0.2) is 9.84 Å². The van der Waals surface area contributed by atoms with E-state index in [1.807, 2.05) is 65.6 Å². The maximum absolute atomic E-state index is 14.0. The highest BCUT2D eigenvalue weighted by Crippen LogP contribution is 2.37. The van der Waals surface area contributed by atoms with Crippen molar-refractivity contribution in [3.05, 3.63) is 83.9 Å². The summed E-state index contributed by atoms with van der Waals surface area (Å²) in [5, 5.41) is 0. The van der Waals surface area contributed by atoms with Gasteiger partial charge in [0.2, 0.25) is 5.91 Å². The molecule has 7 nitrogen and oxygen atoms in total. The molecule has 2 bridgehead atoms. The van der Waals surface area contributed by atoms with Crippen molar-refractivity contribution in [3.8, 4) is 11.5 Å². The van der Waals surface area contributed by atoms with Gasteiger partial charge in [-0.3, -0.25) is 9.69 Å². The Balaban J connectivity index is 1.43. The van der Waals surface area contributed by atoms with Gasteiger partial charge in [0.25, 0.3) is 0 Å². The Kier molecular flexibility index (Phi) is 6.25. The van der Waals surface area contributed by atoms with Crippen LogP contribution in [-0.2, 0) is 27.7 Å². The van der Waals surface area contributed by atoms with Gasteiger partial charge in [0.05, 0.1) is 30.3 Å². The van der Waals surface area contributed by atoms with Crippen LogP contribution >= 0.6 is 0 Å². The number of rotatable bonds is 6. The van der Waals surface area contributed by atoms with Gasteiger partial charge in [0, 0.05) is 25.8 Å². The van der Waals surface area contributed by atoms with Crippen LogP contribution in [-0.4, -0.2) is 51.3 Å². The number of sulfone groups is 1. The first-order valence-corrected chi connectivity index (χ1v) is 13.4. The number of amides is 1. The maximum Gasteiger partial charge on any atom is 0.244 e. The normalized spacial score (nSPS) is 20.1. The second kappa shape index (κ2) is 9.36. The quantitative estimate of drug-likeness (QED) is 0.523. The molecule has 1 amide bonds. The molecule has 5 rings (SSSR count). The molecule has 182 valence electrons. The molecule has 0 aliphatic carbocycles. The number of ether oxygens (including phenoxy) is 2. The molecule has 1 saturated heterocycles. The van der Waals surface area contributed by atoms with Gasteiger partial charge in [-0.15, -0.1) is 0 Å². The van der Waals surface area contributed by atoms with E-state index in [1.165, 1.54) is 6.26 Å². The minimum atomic E-state index is -3.25. The molecule has 0 aromatic heterocycles. The number of fused-ring (bicyclic) bond motifs is 3. The second-order valence-electron chi connectivity index (χ2n) is 9.08. The molecule has 2 unspecified atom stereocenters. The van der Waals surface area contributed by atoms with Crippen LogP contribution in [0.4, 0.5) is 5.69 Å². The number of hydrogen-bond donors (Lipinski definition) is 0. The Morgan fingerprint density at radius 1 is 0.943 bits per heavy atom. The van der Waals surface area contributed by atoms with Crippen molar-refractivity contribution in [2.75, 3.05) is 24.8 Å². The number of anilines is 1. The van der Waals surface area contributed by atoms with Crippen molar-refractivity contribution >= 4 is 21.4 Å². The minimum absolute atomic E-state index is 0.0341. The lowest BCUT2D eigenvalue weighted by atomic mass is 10.1. The summed E-state index contributed by atoms with van der Waals surface area (Å²) in [6.45, 7) is 1.57. The zero-order valence-electron chi connectivity index (χ0n) is 19.8. The summed E-state index contributed by atoms with van der Waals surface area (Å²) in [5.74, 6) is 1.51. The van der Waals surface area contributed by atoms with Gasteiger partial charge in [0.1, 0.15) is 17.6 Å². The maximum atomic E-state index is 14.0. The molecule has 2 heterocycles. The van der Waals surface area contributed by atoms with E-state index < -0.39 is 9.84 Å². The molecule has 2 aliphatic rings.